The van der Waals surface area contributed by atoms with Gasteiger partial charge in [0.25, 0.3) is 0 Å². The van der Waals surface area contributed by atoms with E-state index in [0.29, 0.717) is 11.7 Å². The van der Waals surface area contributed by atoms with Crippen LogP contribution in [0.3, 0.4) is 0 Å². The Labute approximate surface area is 106 Å². The highest BCUT2D eigenvalue weighted by molar-refractivity contribution is 5.84. The minimum Gasteiger partial charge on any atom is -0.475 e. The first kappa shape index (κ1) is 14.3. The molecule has 1 heterocycles. The molecule has 1 aromatic heterocycles. The van der Waals surface area contributed by atoms with Gasteiger partial charge < -0.3 is 14.8 Å². The zero-order chi connectivity index (χ0) is 13.7. The smallest absolute Gasteiger partial charge is 0.371 e. The molecule has 100 valence electrons. The van der Waals surface area contributed by atoms with Crippen molar-refractivity contribution < 1.29 is 19.1 Å². The molecule has 1 rings (SSSR count). The molecule has 0 saturated carbocycles. The van der Waals surface area contributed by atoms with E-state index in [0.717, 1.165) is 6.42 Å². The Morgan fingerprint density at radius 1 is 1.39 bits per heavy atom. The van der Waals surface area contributed by atoms with Gasteiger partial charge in [-0.2, -0.15) is 0 Å². The number of rotatable bonds is 6. The number of furan rings is 1. The molecule has 1 aromatic rings. The van der Waals surface area contributed by atoms with Gasteiger partial charge in [-0.3, -0.25) is 4.79 Å². The van der Waals surface area contributed by atoms with Crippen LogP contribution in [0, 0.1) is 11.8 Å². The highest BCUT2D eigenvalue weighted by Gasteiger charge is 2.18. The summed E-state index contributed by atoms with van der Waals surface area (Å²) < 4.78 is 5.05. The molecule has 0 aliphatic carbocycles. The van der Waals surface area contributed by atoms with Crippen molar-refractivity contribution in [2.75, 3.05) is 0 Å². The second-order valence-corrected chi connectivity index (χ2v) is 4.46. The summed E-state index contributed by atoms with van der Waals surface area (Å²) in [6.07, 6.45) is 0.943. The number of carboxylic acids is 1. The van der Waals surface area contributed by atoms with E-state index in [1.165, 1.54) is 6.07 Å². The van der Waals surface area contributed by atoms with Crippen molar-refractivity contribution >= 4 is 11.9 Å². The Morgan fingerprint density at radius 3 is 2.56 bits per heavy atom. The normalized spacial score (nSPS) is 13.9. The van der Waals surface area contributed by atoms with Crippen LogP contribution in [-0.4, -0.2) is 17.0 Å². The molecule has 0 aliphatic rings. The lowest BCUT2D eigenvalue weighted by Gasteiger charge is -2.17. The average molecular weight is 253 g/mol. The summed E-state index contributed by atoms with van der Waals surface area (Å²) >= 11 is 0. The van der Waals surface area contributed by atoms with E-state index >= 15 is 0 Å². The third kappa shape index (κ3) is 3.61. The largest absolute Gasteiger partial charge is 0.475 e. The summed E-state index contributed by atoms with van der Waals surface area (Å²) in [5, 5.41) is 11.4. The van der Waals surface area contributed by atoms with Crippen molar-refractivity contribution in [1.82, 2.24) is 5.32 Å². The van der Waals surface area contributed by atoms with Gasteiger partial charge in [-0.15, -0.1) is 0 Å². The van der Waals surface area contributed by atoms with E-state index in [1.807, 2.05) is 20.8 Å². The van der Waals surface area contributed by atoms with E-state index in [9.17, 15) is 9.59 Å². The van der Waals surface area contributed by atoms with Crippen LogP contribution in [0.15, 0.2) is 16.5 Å². The number of nitrogens with one attached hydrogen (secondary N) is 1. The third-order valence-corrected chi connectivity index (χ3v) is 3.22. The lowest BCUT2D eigenvalue weighted by Crippen LogP contribution is -2.31. The van der Waals surface area contributed by atoms with E-state index in [4.69, 9.17) is 9.52 Å². The summed E-state index contributed by atoms with van der Waals surface area (Å²) in [7, 11) is 0. The van der Waals surface area contributed by atoms with Gasteiger partial charge in [0.15, 0.2) is 0 Å². The van der Waals surface area contributed by atoms with Crippen LogP contribution in [0.25, 0.3) is 0 Å². The van der Waals surface area contributed by atoms with E-state index in [-0.39, 0.29) is 24.1 Å². The number of carbonyl (C=O) groups is 2. The number of carboxylic acid groups (broad SMARTS) is 1. The Morgan fingerprint density at radius 2 is 2.06 bits per heavy atom. The lowest BCUT2D eigenvalue weighted by molar-refractivity contribution is -0.126. The van der Waals surface area contributed by atoms with Crippen molar-refractivity contribution in [3.63, 3.8) is 0 Å². The van der Waals surface area contributed by atoms with E-state index < -0.39 is 5.97 Å². The molecule has 5 heteroatoms. The molecular formula is C13H19NO4. The molecule has 2 atom stereocenters. The standard InChI is InChI=1S/C13H19NO4/c1-4-8(2)9(3)12(15)14-7-10-5-6-11(18-10)13(16)17/h5-6,8-9H,4,7H2,1-3H3,(H,14,15)(H,16,17). The monoisotopic (exact) mass is 253 g/mol. The number of carbonyl (C=O) groups excluding carboxylic acids is 1. The zero-order valence-electron chi connectivity index (χ0n) is 10.9. The van der Waals surface area contributed by atoms with Crippen molar-refractivity contribution in [2.24, 2.45) is 11.8 Å². The summed E-state index contributed by atoms with van der Waals surface area (Å²) in [5.74, 6) is -0.579. The predicted molar refractivity (Wildman–Crippen MR) is 66.1 cm³/mol. The first-order valence-electron chi connectivity index (χ1n) is 6.05. The molecule has 2 N–H and O–H groups in total. The van der Waals surface area contributed by atoms with Crippen LogP contribution in [0.5, 0.6) is 0 Å². The topological polar surface area (TPSA) is 79.5 Å². The molecule has 0 radical (unpaired) electrons. The van der Waals surface area contributed by atoms with Gasteiger partial charge in [0.2, 0.25) is 11.7 Å². The van der Waals surface area contributed by atoms with Crippen LogP contribution < -0.4 is 5.32 Å². The summed E-state index contributed by atoms with van der Waals surface area (Å²) in [4.78, 5) is 22.4. The first-order chi connectivity index (χ1) is 8.45. The summed E-state index contributed by atoms with van der Waals surface area (Å²) in [5.41, 5.74) is 0. The van der Waals surface area contributed by atoms with Gasteiger partial charge in [-0.1, -0.05) is 27.2 Å². The van der Waals surface area contributed by atoms with Crippen molar-refractivity contribution in [3.05, 3.63) is 23.7 Å². The Bertz CT molecular complexity index is 424. The fourth-order valence-electron chi connectivity index (χ4n) is 1.54. The lowest BCUT2D eigenvalue weighted by atomic mass is 9.93. The Balaban J connectivity index is 2.49. The van der Waals surface area contributed by atoms with Crippen molar-refractivity contribution in [2.45, 2.75) is 33.7 Å². The molecule has 18 heavy (non-hydrogen) atoms. The average Bonchev–Trinajstić information content (AvgIpc) is 2.82. The van der Waals surface area contributed by atoms with Crippen molar-refractivity contribution in [1.29, 1.82) is 0 Å². The molecule has 0 fully saturated rings. The SMILES string of the molecule is CCC(C)C(C)C(=O)NCc1ccc(C(=O)O)o1. The number of amides is 1. The van der Waals surface area contributed by atoms with E-state index in [1.54, 1.807) is 6.07 Å². The molecule has 5 nitrogen and oxygen atoms in total. The first-order valence-corrected chi connectivity index (χ1v) is 6.05. The molecule has 0 aromatic carbocycles. The highest BCUT2D eigenvalue weighted by atomic mass is 16.4. The van der Waals surface area contributed by atoms with Crippen molar-refractivity contribution in [3.8, 4) is 0 Å². The molecule has 2 unspecified atom stereocenters. The zero-order valence-corrected chi connectivity index (χ0v) is 10.9. The van der Waals surface area contributed by atoms with Gasteiger partial charge in [-0.25, -0.2) is 4.79 Å². The van der Waals surface area contributed by atoms with Gasteiger partial charge in [0, 0.05) is 5.92 Å². The van der Waals surface area contributed by atoms with Crippen LogP contribution in [0.2, 0.25) is 0 Å². The molecule has 0 saturated heterocycles. The quantitative estimate of drug-likeness (QED) is 0.815. The minimum atomic E-state index is -1.11. The second-order valence-electron chi connectivity index (χ2n) is 4.46. The Kier molecular flexibility index (Phi) is 4.95. The molecule has 0 bridgehead atoms. The molecular weight excluding hydrogens is 234 g/mol. The van der Waals surface area contributed by atoms with Crippen LogP contribution in [-0.2, 0) is 11.3 Å². The fraction of sp³-hybridized carbons (Fsp3) is 0.538. The fourth-order valence-corrected chi connectivity index (χ4v) is 1.54. The van der Waals surface area contributed by atoms with Gasteiger partial charge in [-0.05, 0) is 18.1 Å². The summed E-state index contributed by atoms with van der Waals surface area (Å²) in [6.45, 7) is 6.17. The molecule has 0 spiro atoms. The van der Waals surface area contributed by atoms with Crippen LogP contribution in [0.4, 0.5) is 0 Å². The van der Waals surface area contributed by atoms with Crippen LogP contribution >= 0.6 is 0 Å². The minimum absolute atomic E-state index is 0.0439. The second kappa shape index (κ2) is 6.23. The highest BCUT2D eigenvalue weighted by Crippen LogP contribution is 2.15. The maximum atomic E-state index is 11.8. The van der Waals surface area contributed by atoms with Gasteiger partial charge in [0.1, 0.15) is 5.76 Å². The predicted octanol–water partition coefficient (Wildman–Crippen LogP) is 2.28. The third-order valence-electron chi connectivity index (χ3n) is 3.22. The molecule has 0 aliphatic heterocycles. The van der Waals surface area contributed by atoms with E-state index in [2.05, 4.69) is 5.32 Å². The maximum absolute atomic E-state index is 11.8. The number of hydrogen-bond donors (Lipinski definition) is 2. The Hall–Kier alpha value is -1.78. The number of aromatic carboxylic acids is 1. The van der Waals surface area contributed by atoms with Gasteiger partial charge in [0.05, 0.1) is 6.54 Å². The van der Waals surface area contributed by atoms with Crippen LogP contribution in [0.1, 0.15) is 43.5 Å². The summed E-state index contributed by atoms with van der Waals surface area (Å²) in [6, 6.07) is 2.93. The van der Waals surface area contributed by atoms with Gasteiger partial charge >= 0.3 is 5.97 Å². The number of hydrogen-bond acceptors (Lipinski definition) is 3. The maximum Gasteiger partial charge on any atom is 0.371 e. The molecule has 1 amide bonds.